The number of carbonyl (C=O) groups is 1. The van der Waals surface area contributed by atoms with Crippen LogP contribution < -0.4 is 4.72 Å². The summed E-state index contributed by atoms with van der Waals surface area (Å²) in [6, 6.07) is 13.1. The topological polar surface area (TPSA) is 106 Å². The molecular weight excluding hydrogens is 522 g/mol. The largest absolute Gasteiger partial charge is 0.315 e. The SMILES string of the molecule is CCS(=O)(=O)C1=Cn2c(c(C3CCCCC3)c3ccc(C(=O)NS(=O)(=O)N(C)C)cc32)-c2ccccc2C1. The highest BCUT2D eigenvalue weighted by Gasteiger charge is 2.31. The maximum absolute atomic E-state index is 13.1. The minimum atomic E-state index is -3.97. The van der Waals surface area contributed by atoms with Crippen molar-refractivity contribution in [1.29, 1.82) is 0 Å². The summed E-state index contributed by atoms with van der Waals surface area (Å²) in [5, 5.41) is 0.958. The van der Waals surface area contributed by atoms with Gasteiger partial charge in [-0.1, -0.05) is 56.5 Å². The maximum Gasteiger partial charge on any atom is 0.303 e. The molecule has 0 spiro atoms. The van der Waals surface area contributed by atoms with E-state index in [0.717, 1.165) is 52.2 Å². The number of nitrogens with zero attached hydrogens (tertiary/aromatic N) is 2. The molecule has 0 unspecified atom stereocenters. The molecule has 0 bridgehead atoms. The number of hydrogen-bond donors (Lipinski definition) is 1. The lowest BCUT2D eigenvalue weighted by Crippen LogP contribution is -2.39. The van der Waals surface area contributed by atoms with Crippen molar-refractivity contribution < 1.29 is 21.6 Å². The zero-order chi connectivity index (χ0) is 27.2. The van der Waals surface area contributed by atoms with Crippen LogP contribution in [0.3, 0.4) is 0 Å². The van der Waals surface area contributed by atoms with Gasteiger partial charge in [0.15, 0.2) is 9.84 Å². The van der Waals surface area contributed by atoms with Crippen molar-refractivity contribution in [3.8, 4) is 11.3 Å². The minimum absolute atomic E-state index is 0.0128. The van der Waals surface area contributed by atoms with E-state index < -0.39 is 26.0 Å². The molecule has 0 radical (unpaired) electrons. The fraction of sp³-hybridized carbons (Fsp3) is 0.393. The van der Waals surface area contributed by atoms with E-state index in [-0.39, 0.29) is 11.3 Å². The second-order valence-electron chi connectivity index (χ2n) is 10.3. The number of rotatable bonds is 6. The third-order valence-corrected chi connectivity index (χ3v) is 10.9. The highest BCUT2D eigenvalue weighted by Crippen LogP contribution is 2.46. The van der Waals surface area contributed by atoms with Crippen molar-refractivity contribution in [2.75, 3.05) is 19.8 Å². The summed E-state index contributed by atoms with van der Waals surface area (Å²) < 4.78 is 55.9. The fourth-order valence-electron chi connectivity index (χ4n) is 5.62. The first kappa shape index (κ1) is 26.6. The van der Waals surface area contributed by atoms with Gasteiger partial charge in [0, 0.05) is 43.2 Å². The number of amides is 1. The molecule has 1 aliphatic heterocycles. The number of aromatic nitrogens is 1. The smallest absolute Gasteiger partial charge is 0.303 e. The molecule has 10 heteroatoms. The number of allylic oxidation sites excluding steroid dienone is 1. The molecule has 1 amide bonds. The molecule has 38 heavy (non-hydrogen) atoms. The van der Waals surface area contributed by atoms with Crippen LogP contribution in [0.5, 0.6) is 0 Å². The number of benzene rings is 2. The van der Waals surface area contributed by atoms with Gasteiger partial charge in [0.2, 0.25) is 0 Å². The van der Waals surface area contributed by atoms with Gasteiger partial charge in [0.25, 0.3) is 5.91 Å². The summed E-state index contributed by atoms with van der Waals surface area (Å²) in [6.07, 6.45) is 7.55. The Morgan fingerprint density at radius 1 is 1.03 bits per heavy atom. The first-order chi connectivity index (χ1) is 18.0. The number of nitrogens with one attached hydrogen (secondary N) is 1. The van der Waals surface area contributed by atoms with Gasteiger partial charge >= 0.3 is 10.2 Å². The Labute approximate surface area is 224 Å². The summed E-state index contributed by atoms with van der Waals surface area (Å²) >= 11 is 0. The van der Waals surface area contributed by atoms with Gasteiger partial charge in [-0.15, -0.1) is 0 Å². The highest BCUT2D eigenvalue weighted by atomic mass is 32.2. The van der Waals surface area contributed by atoms with Crippen LogP contribution in [0.2, 0.25) is 0 Å². The number of carbonyl (C=O) groups excluding carboxylic acids is 1. The van der Waals surface area contributed by atoms with Gasteiger partial charge < -0.3 is 4.57 Å². The highest BCUT2D eigenvalue weighted by molar-refractivity contribution is 7.95. The van der Waals surface area contributed by atoms with Crippen LogP contribution >= 0.6 is 0 Å². The van der Waals surface area contributed by atoms with Crippen molar-refractivity contribution in [3.05, 3.63) is 64.1 Å². The summed E-state index contributed by atoms with van der Waals surface area (Å²) in [5.41, 5.74) is 4.95. The monoisotopic (exact) mass is 555 g/mol. The molecule has 2 heterocycles. The molecule has 1 fully saturated rings. The molecule has 0 atom stereocenters. The Kier molecular flexibility index (Phi) is 7.00. The lowest BCUT2D eigenvalue weighted by Gasteiger charge is -2.23. The zero-order valence-corrected chi connectivity index (χ0v) is 23.5. The Morgan fingerprint density at radius 2 is 1.74 bits per heavy atom. The predicted molar refractivity (Wildman–Crippen MR) is 151 cm³/mol. The van der Waals surface area contributed by atoms with Crippen molar-refractivity contribution >= 4 is 43.1 Å². The zero-order valence-electron chi connectivity index (χ0n) is 21.9. The minimum Gasteiger partial charge on any atom is -0.315 e. The molecule has 202 valence electrons. The van der Waals surface area contributed by atoms with Gasteiger partial charge in [0.1, 0.15) is 0 Å². The van der Waals surface area contributed by atoms with Gasteiger partial charge in [0.05, 0.1) is 21.9 Å². The normalized spacial score (nSPS) is 16.6. The molecule has 5 rings (SSSR count). The van der Waals surface area contributed by atoms with Gasteiger partial charge in [-0.2, -0.15) is 12.7 Å². The van der Waals surface area contributed by atoms with Crippen LogP contribution in [-0.4, -0.2) is 51.5 Å². The summed E-state index contributed by atoms with van der Waals surface area (Å²) in [4.78, 5) is 13.3. The standard InChI is InChI=1S/C28H33N3O5S2/c1-4-37(33,34)22-16-20-12-8-9-13-23(20)27-26(19-10-6-5-7-11-19)24-15-14-21(17-25(24)31(27)18-22)28(32)29-38(35,36)30(2)3/h8-9,12-15,17-19H,4-7,10-11,16H2,1-3H3,(H,29,32). The molecule has 2 aromatic carbocycles. The van der Waals surface area contributed by atoms with Crippen LogP contribution in [0.4, 0.5) is 0 Å². The number of fused-ring (bicyclic) bond motifs is 5. The molecular formula is C28H33N3O5S2. The van der Waals surface area contributed by atoms with Crippen LogP contribution in [0.25, 0.3) is 28.4 Å². The third kappa shape index (κ3) is 4.69. The second-order valence-corrected chi connectivity index (χ2v) is 14.5. The number of hydrogen-bond acceptors (Lipinski definition) is 5. The average Bonchev–Trinajstić information content (AvgIpc) is 3.10. The molecule has 1 aromatic heterocycles. The van der Waals surface area contributed by atoms with Crippen molar-refractivity contribution in [2.24, 2.45) is 0 Å². The predicted octanol–water partition coefficient (Wildman–Crippen LogP) is 4.68. The summed E-state index contributed by atoms with van der Waals surface area (Å²) in [6.45, 7) is 1.64. The van der Waals surface area contributed by atoms with Crippen LogP contribution in [0.15, 0.2) is 47.4 Å². The number of sulfone groups is 1. The van der Waals surface area contributed by atoms with E-state index in [1.54, 1.807) is 25.3 Å². The second kappa shape index (κ2) is 9.98. The van der Waals surface area contributed by atoms with E-state index >= 15 is 0 Å². The van der Waals surface area contributed by atoms with Gasteiger partial charge in [-0.25, -0.2) is 13.1 Å². The van der Waals surface area contributed by atoms with E-state index in [1.165, 1.54) is 26.1 Å². The van der Waals surface area contributed by atoms with E-state index in [0.29, 0.717) is 22.8 Å². The molecule has 8 nitrogen and oxygen atoms in total. The Hall–Kier alpha value is -2.95. The summed E-state index contributed by atoms with van der Waals surface area (Å²) in [7, 11) is -4.77. The Balaban J connectivity index is 1.81. The molecule has 2 aliphatic rings. The van der Waals surface area contributed by atoms with Crippen molar-refractivity contribution in [2.45, 2.75) is 51.4 Å². The van der Waals surface area contributed by atoms with Gasteiger partial charge in [-0.3, -0.25) is 4.79 Å². The van der Waals surface area contributed by atoms with Crippen LogP contribution in [0.1, 0.15) is 66.4 Å². The summed E-state index contributed by atoms with van der Waals surface area (Å²) in [5.74, 6) is -0.446. The van der Waals surface area contributed by atoms with Crippen molar-refractivity contribution in [1.82, 2.24) is 13.6 Å². The Morgan fingerprint density at radius 3 is 2.42 bits per heavy atom. The van der Waals surface area contributed by atoms with E-state index in [9.17, 15) is 21.6 Å². The molecule has 3 aromatic rings. The molecule has 1 saturated carbocycles. The van der Waals surface area contributed by atoms with Gasteiger partial charge in [-0.05, 0) is 42.0 Å². The first-order valence-electron chi connectivity index (χ1n) is 13.0. The Bertz CT molecular complexity index is 1660. The lowest BCUT2D eigenvalue weighted by atomic mass is 9.81. The molecule has 1 aliphatic carbocycles. The lowest BCUT2D eigenvalue weighted by molar-refractivity contribution is 0.0980. The average molecular weight is 556 g/mol. The maximum atomic E-state index is 13.1. The van der Waals surface area contributed by atoms with Crippen LogP contribution in [-0.2, 0) is 26.5 Å². The van der Waals surface area contributed by atoms with E-state index in [1.807, 2.05) is 34.9 Å². The molecule has 0 saturated heterocycles. The van der Waals surface area contributed by atoms with E-state index in [4.69, 9.17) is 0 Å². The third-order valence-electron chi connectivity index (χ3n) is 7.71. The first-order valence-corrected chi connectivity index (χ1v) is 16.1. The van der Waals surface area contributed by atoms with Crippen LogP contribution in [0, 0.1) is 0 Å². The van der Waals surface area contributed by atoms with E-state index in [2.05, 4.69) is 4.72 Å². The molecule has 1 N–H and O–H groups in total. The fourth-order valence-corrected chi connectivity index (χ4v) is 7.16. The quantitative estimate of drug-likeness (QED) is 0.475. The van der Waals surface area contributed by atoms with Crippen molar-refractivity contribution in [3.63, 3.8) is 0 Å².